The summed E-state index contributed by atoms with van der Waals surface area (Å²) in [7, 11) is 1.50. The maximum Gasteiger partial charge on any atom is 0.326 e. The SMILES string of the molecule is COC(=O)C1(NC2CC2)CCC(C)(C)CC1. The van der Waals surface area contributed by atoms with Crippen molar-refractivity contribution in [1.82, 2.24) is 5.32 Å². The van der Waals surface area contributed by atoms with Gasteiger partial charge in [-0.2, -0.15) is 0 Å². The van der Waals surface area contributed by atoms with E-state index in [4.69, 9.17) is 4.74 Å². The van der Waals surface area contributed by atoms with Gasteiger partial charge in [0.1, 0.15) is 5.54 Å². The number of carbonyl (C=O) groups is 1. The second kappa shape index (κ2) is 4.02. The van der Waals surface area contributed by atoms with E-state index in [1.54, 1.807) is 0 Å². The monoisotopic (exact) mass is 225 g/mol. The maximum absolute atomic E-state index is 12.0. The molecular formula is C13H23NO2. The fraction of sp³-hybridized carbons (Fsp3) is 0.923. The van der Waals surface area contributed by atoms with Crippen molar-refractivity contribution < 1.29 is 9.53 Å². The minimum Gasteiger partial charge on any atom is -0.468 e. The minimum atomic E-state index is -0.383. The Morgan fingerprint density at radius 3 is 2.19 bits per heavy atom. The number of hydrogen-bond donors (Lipinski definition) is 1. The van der Waals surface area contributed by atoms with E-state index in [-0.39, 0.29) is 11.5 Å². The van der Waals surface area contributed by atoms with E-state index < -0.39 is 0 Å². The van der Waals surface area contributed by atoms with Crippen LogP contribution in [-0.2, 0) is 9.53 Å². The highest BCUT2D eigenvalue weighted by Gasteiger charge is 2.47. The Hall–Kier alpha value is -0.570. The molecule has 0 aliphatic heterocycles. The topological polar surface area (TPSA) is 38.3 Å². The number of esters is 1. The highest BCUT2D eigenvalue weighted by atomic mass is 16.5. The Bertz CT molecular complexity index is 272. The summed E-state index contributed by atoms with van der Waals surface area (Å²) in [6, 6.07) is 0.556. The van der Waals surface area contributed by atoms with Gasteiger partial charge in [0.25, 0.3) is 0 Å². The van der Waals surface area contributed by atoms with Crippen LogP contribution in [0, 0.1) is 5.41 Å². The first-order chi connectivity index (χ1) is 7.47. The molecule has 16 heavy (non-hydrogen) atoms. The van der Waals surface area contributed by atoms with Gasteiger partial charge in [0.05, 0.1) is 7.11 Å². The van der Waals surface area contributed by atoms with Crippen LogP contribution in [0.2, 0.25) is 0 Å². The van der Waals surface area contributed by atoms with E-state index in [1.807, 2.05) is 0 Å². The molecule has 1 N–H and O–H groups in total. The quantitative estimate of drug-likeness (QED) is 0.749. The van der Waals surface area contributed by atoms with Crippen molar-refractivity contribution in [3.05, 3.63) is 0 Å². The molecule has 3 heteroatoms. The molecule has 0 spiro atoms. The fourth-order valence-corrected chi connectivity index (χ4v) is 2.57. The maximum atomic E-state index is 12.0. The molecule has 0 bridgehead atoms. The molecule has 2 aliphatic carbocycles. The van der Waals surface area contributed by atoms with Crippen LogP contribution in [0.5, 0.6) is 0 Å². The summed E-state index contributed by atoms with van der Waals surface area (Å²) in [5.74, 6) is -0.0603. The number of rotatable bonds is 3. The molecule has 2 fully saturated rings. The van der Waals surface area contributed by atoms with Crippen molar-refractivity contribution in [2.45, 2.75) is 64.0 Å². The van der Waals surface area contributed by atoms with Crippen LogP contribution in [0.3, 0.4) is 0 Å². The molecule has 0 unspecified atom stereocenters. The van der Waals surface area contributed by atoms with Crippen molar-refractivity contribution in [2.24, 2.45) is 5.41 Å². The first-order valence-electron chi connectivity index (χ1n) is 6.34. The Morgan fingerprint density at radius 2 is 1.75 bits per heavy atom. The lowest BCUT2D eigenvalue weighted by Crippen LogP contribution is -2.56. The van der Waals surface area contributed by atoms with Crippen LogP contribution in [0.1, 0.15) is 52.4 Å². The highest BCUT2D eigenvalue weighted by Crippen LogP contribution is 2.42. The Morgan fingerprint density at radius 1 is 1.19 bits per heavy atom. The van der Waals surface area contributed by atoms with Crippen molar-refractivity contribution >= 4 is 5.97 Å². The largest absolute Gasteiger partial charge is 0.468 e. The molecule has 2 rings (SSSR count). The van der Waals surface area contributed by atoms with Gasteiger partial charge in [0.2, 0.25) is 0 Å². The summed E-state index contributed by atoms with van der Waals surface area (Å²) in [6.45, 7) is 4.57. The normalized spacial score (nSPS) is 27.4. The first-order valence-corrected chi connectivity index (χ1v) is 6.34. The molecular weight excluding hydrogens is 202 g/mol. The van der Waals surface area contributed by atoms with Crippen LogP contribution in [-0.4, -0.2) is 24.7 Å². The Kier molecular flexibility index (Phi) is 2.99. The van der Waals surface area contributed by atoms with E-state index in [1.165, 1.54) is 20.0 Å². The average Bonchev–Trinajstić information content (AvgIpc) is 3.04. The van der Waals surface area contributed by atoms with Gasteiger partial charge in [0.15, 0.2) is 0 Å². The second-order valence-electron chi connectivity index (χ2n) is 6.16. The van der Waals surface area contributed by atoms with E-state index in [0.29, 0.717) is 11.5 Å². The summed E-state index contributed by atoms with van der Waals surface area (Å²) in [5, 5.41) is 3.52. The lowest BCUT2D eigenvalue weighted by molar-refractivity contribution is -0.151. The summed E-state index contributed by atoms with van der Waals surface area (Å²) in [6.07, 6.45) is 6.46. The summed E-state index contributed by atoms with van der Waals surface area (Å²) < 4.78 is 4.99. The summed E-state index contributed by atoms with van der Waals surface area (Å²) in [4.78, 5) is 12.0. The van der Waals surface area contributed by atoms with E-state index in [0.717, 1.165) is 25.7 Å². The third-order valence-electron chi connectivity index (χ3n) is 4.09. The van der Waals surface area contributed by atoms with Crippen LogP contribution in [0.4, 0.5) is 0 Å². The number of methoxy groups -OCH3 is 1. The molecule has 0 aromatic rings. The molecule has 92 valence electrons. The zero-order valence-electron chi connectivity index (χ0n) is 10.6. The molecule has 2 saturated carbocycles. The van der Waals surface area contributed by atoms with Gasteiger partial charge in [-0.15, -0.1) is 0 Å². The van der Waals surface area contributed by atoms with Crippen molar-refractivity contribution in [3.63, 3.8) is 0 Å². The lowest BCUT2D eigenvalue weighted by atomic mass is 9.69. The molecule has 0 atom stereocenters. The molecule has 0 heterocycles. The van der Waals surface area contributed by atoms with E-state index in [2.05, 4.69) is 19.2 Å². The Balaban J connectivity index is 2.06. The van der Waals surface area contributed by atoms with Crippen LogP contribution in [0.25, 0.3) is 0 Å². The molecule has 0 aromatic heterocycles. The van der Waals surface area contributed by atoms with Gasteiger partial charge < -0.3 is 4.74 Å². The molecule has 0 amide bonds. The Labute approximate surface area is 97.9 Å². The zero-order valence-corrected chi connectivity index (χ0v) is 10.6. The van der Waals surface area contributed by atoms with Crippen LogP contribution >= 0.6 is 0 Å². The number of hydrogen-bond acceptors (Lipinski definition) is 3. The third kappa shape index (κ3) is 2.40. The van der Waals surface area contributed by atoms with Crippen LogP contribution in [0.15, 0.2) is 0 Å². The second-order valence-corrected chi connectivity index (χ2v) is 6.16. The number of ether oxygens (including phenoxy) is 1. The standard InChI is InChI=1S/C13H23NO2/c1-12(2)6-8-13(9-7-12,11(15)16-3)14-10-4-5-10/h10,14H,4-9H2,1-3H3. The zero-order chi connectivity index (χ0) is 11.8. The molecule has 2 aliphatic rings. The fourth-order valence-electron chi connectivity index (χ4n) is 2.57. The molecule has 3 nitrogen and oxygen atoms in total. The van der Waals surface area contributed by atoms with Gasteiger partial charge in [-0.1, -0.05) is 13.8 Å². The molecule has 0 aromatic carbocycles. The van der Waals surface area contributed by atoms with Crippen LogP contribution < -0.4 is 5.32 Å². The smallest absolute Gasteiger partial charge is 0.326 e. The highest BCUT2D eigenvalue weighted by molar-refractivity contribution is 5.81. The molecule has 0 radical (unpaired) electrons. The predicted molar refractivity (Wildman–Crippen MR) is 63.2 cm³/mol. The van der Waals surface area contributed by atoms with Gasteiger partial charge in [-0.25, -0.2) is 0 Å². The van der Waals surface area contributed by atoms with E-state index in [9.17, 15) is 4.79 Å². The first kappa shape index (κ1) is 11.9. The third-order valence-corrected chi connectivity index (χ3v) is 4.09. The summed E-state index contributed by atoms with van der Waals surface area (Å²) in [5.41, 5.74) is -0.00576. The van der Waals surface area contributed by atoms with Crippen molar-refractivity contribution in [1.29, 1.82) is 0 Å². The van der Waals surface area contributed by atoms with Gasteiger partial charge >= 0.3 is 5.97 Å². The van der Waals surface area contributed by atoms with Gasteiger partial charge in [-0.05, 0) is 43.9 Å². The summed E-state index contributed by atoms with van der Waals surface area (Å²) >= 11 is 0. The minimum absolute atomic E-state index is 0.0603. The lowest BCUT2D eigenvalue weighted by Gasteiger charge is -2.42. The van der Waals surface area contributed by atoms with E-state index >= 15 is 0 Å². The average molecular weight is 225 g/mol. The molecule has 0 saturated heterocycles. The van der Waals surface area contributed by atoms with Gasteiger partial charge in [0, 0.05) is 6.04 Å². The van der Waals surface area contributed by atoms with Gasteiger partial charge in [-0.3, -0.25) is 10.1 Å². The number of nitrogens with one attached hydrogen (secondary N) is 1. The number of carbonyl (C=O) groups excluding carboxylic acids is 1. The van der Waals surface area contributed by atoms with Crippen molar-refractivity contribution in [3.8, 4) is 0 Å². The predicted octanol–water partition coefficient (Wildman–Crippen LogP) is 2.25. The van der Waals surface area contributed by atoms with Crippen molar-refractivity contribution in [2.75, 3.05) is 7.11 Å².